The summed E-state index contributed by atoms with van der Waals surface area (Å²) in [6.07, 6.45) is 1.70. The van der Waals surface area contributed by atoms with Gasteiger partial charge in [-0.3, -0.25) is 0 Å². The number of benzene rings is 1. The van der Waals surface area contributed by atoms with Crippen LogP contribution in [-0.2, 0) is 9.84 Å². The Hall–Kier alpha value is -0.810. The molecule has 0 bridgehead atoms. The van der Waals surface area contributed by atoms with Crippen LogP contribution in [0.1, 0.15) is 6.42 Å². The Bertz CT molecular complexity index is 462. The average Bonchev–Trinajstić information content (AvgIpc) is 2.17. The minimum absolute atomic E-state index is 0.0492. The first kappa shape index (κ1) is 13.3. The van der Waals surface area contributed by atoms with E-state index in [0.717, 1.165) is 0 Å². The summed E-state index contributed by atoms with van der Waals surface area (Å²) in [5, 5.41) is 3.02. The van der Waals surface area contributed by atoms with E-state index in [9.17, 15) is 12.8 Å². The van der Waals surface area contributed by atoms with Crippen molar-refractivity contribution in [1.82, 2.24) is 0 Å². The van der Waals surface area contributed by atoms with Crippen molar-refractivity contribution >= 4 is 27.1 Å². The maximum atomic E-state index is 12.8. The van der Waals surface area contributed by atoms with Crippen LogP contribution in [0.3, 0.4) is 0 Å². The molecule has 0 fully saturated rings. The van der Waals surface area contributed by atoms with Gasteiger partial charge in [-0.15, -0.1) is 0 Å². The molecule has 90 valence electrons. The quantitative estimate of drug-likeness (QED) is 0.831. The largest absolute Gasteiger partial charge is 0.385 e. The molecule has 3 nitrogen and oxygen atoms in total. The SMILES string of the molecule is CS(=O)(=O)CCCNc1ccc(F)c(Cl)c1. The third-order valence-corrected chi connectivity index (χ3v) is 3.26. The van der Waals surface area contributed by atoms with Gasteiger partial charge in [-0.1, -0.05) is 11.6 Å². The zero-order chi connectivity index (χ0) is 12.2. The standard InChI is InChI=1S/C10H13ClFNO2S/c1-16(14,15)6-2-5-13-8-3-4-10(12)9(11)7-8/h3-4,7,13H,2,5-6H2,1H3. The number of nitrogens with one attached hydrogen (secondary N) is 1. The van der Waals surface area contributed by atoms with Crippen LogP contribution in [-0.4, -0.2) is 27.0 Å². The van der Waals surface area contributed by atoms with E-state index in [0.29, 0.717) is 18.7 Å². The molecule has 0 radical (unpaired) electrons. The second kappa shape index (κ2) is 5.50. The summed E-state index contributed by atoms with van der Waals surface area (Å²) in [6.45, 7) is 0.509. The highest BCUT2D eigenvalue weighted by atomic mass is 35.5. The first-order valence-corrected chi connectivity index (χ1v) is 7.19. The van der Waals surface area contributed by atoms with Crippen LogP contribution in [0, 0.1) is 5.82 Å². The van der Waals surface area contributed by atoms with Gasteiger partial charge in [0.15, 0.2) is 0 Å². The Morgan fingerprint density at radius 2 is 2.12 bits per heavy atom. The maximum Gasteiger partial charge on any atom is 0.147 e. The Morgan fingerprint density at radius 3 is 2.69 bits per heavy atom. The molecule has 0 spiro atoms. The number of sulfone groups is 1. The van der Waals surface area contributed by atoms with Gasteiger partial charge in [0.2, 0.25) is 0 Å². The van der Waals surface area contributed by atoms with Crippen molar-refractivity contribution in [2.75, 3.05) is 23.9 Å². The Labute approximate surface area is 99.5 Å². The number of rotatable bonds is 5. The molecule has 1 rings (SSSR count). The molecule has 0 aromatic heterocycles. The minimum Gasteiger partial charge on any atom is -0.385 e. The van der Waals surface area contributed by atoms with Gasteiger partial charge in [0.05, 0.1) is 10.8 Å². The molecular formula is C10H13ClFNO2S. The summed E-state index contributed by atoms with van der Waals surface area (Å²) in [5.41, 5.74) is 0.680. The molecule has 0 saturated carbocycles. The zero-order valence-electron chi connectivity index (χ0n) is 8.83. The molecule has 0 amide bonds. The van der Waals surface area contributed by atoms with Crippen LogP contribution in [0.5, 0.6) is 0 Å². The van der Waals surface area contributed by atoms with E-state index < -0.39 is 15.7 Å². The van der Waals surface area contributed by atoms with E-state index in [4.69, 9.17) is 11.6 Å². The second-order valence-corrected chi connectivity index (χ2v) is 6.21. The average molecular weight is 266 g/mol. The Kier molecular flexibility index (Phi) is 4.56. The minimum atomic E-state index is -2.92. The first-order chi connectivity index (χ1) is 7.38. The number of hydrogen-bond acceptors (Lipinski definition) is 3. The van der Waals surface area contributed by atoms with Crippen molar-refractivity contribution in [1.29, 1.82) is 0 Å². The summed E-state index contributed by atoms with van der Waals surface area (Å²) in [4.78, 5) is 0. The molecule has 0 atom stereocenters. The van der Waals surface area contributed by atoms with Crippen LogP contribution in [0.25, 0.3) is 0 Å². The van der Waals surface area contributed by atoms with Crippen LogP contribution in [0.4, 0.5) is 10.1 Å². The molecular weight excluding hydrogens is 253 g/mol. The lowest BCUT2D eigenvalue weighted by Gasteiger charge is -2.06. The molecule has 0 aliphatic rings. The lowest BCUT2D eigenvalue weighted by molar-refractivity contribution is 0.600. The third-order valence-electron chi connectivity index (χ3n) is 1.94. The van der Waals surface area contributed by atoms with Crippen LogP contribution >= 0.6 is 11.6 Å². The van der Waals surface area contributed by atoms with Crippen molar-refractivity contribution in [3.8, 4) is 0 Å². The van der Waals surface area contributed by atoms with Gasteiger partial charge in [0.1, 0.15) is 15.7 Å². The van der Waals surface area contributed by atoms with Crippen molar-refractivity contribution in [3.05, 3.63) is 29.0 Å². The maximum absolute atomic E-state index is 12.8. The van der Waals surface area contributed by atoms with Crippen LogP contribution in [0.15, 0.2) is 18.2 Å². The highest BCUT2D eigenvalue weighted by Gasteiger charge is 2.02. The van der Waals surface area contributed by atoms with Crippen LogP contribution < -0.4 is 5.32 Å². The number of hydrogen-bond donors (Lipinski definition) is 1. The van der Waals surface area contributed by atoms with Crippen molar-refractivity contribution < 1.29 is 12.8 Å². The van der Waals surface area contributed by atoms with Gasteiger partial charge in [0.25, 0.3) is 0 Å². The molecule has 0 unspecified atom stereocenters. The summed E-state index contributed by atoms with van der Waals surface area (Å²) >= 11 is 5.59. The van der Waals surface area contributed by atoms with Crippen LogP contribution in [0.2, 0.25) is 5.02 Å². The fourth-order valence-electron chi connectivity index (χ4n) is 1.17. The van der Waals surface area contributed by atoms with Gasteiger partial charge in [-0.05, 0) is 24.6 Å². The van der Waals surface area contributed by atoms with E-state index in [2.05, 4.69) is 5.32 Å². The first-order valence-electron chi connectivity index (χ1n) is 4.75. The van der Waals surface area contributed by atoms with E-state index in [1.807, 2.05) is 0 Å². The van der Waals surface area contributed by atoms with Gasteiger partial charge in [-0.2, -0.15) is 0 Å². The van der Waals surface area contributed by atoms with Gasteiger partial charge in [-0.25, -0.2) is 12.8 Å². The summed E-state index contributed by atoms with van der Waals surface area (Å²) in [7, 11) is -2.92. The molecule has 1 aromatic carbocycles. The molecule has 0 heterocycles. The molecule has 0 aliphatic heterocycles. The normalized spacial score (nSPS) is 11.4. The zero-order valence-corrected chi connectivity index (χ0v) is 10.4. The summed E-state index contributed by atoms with van der Waals surface area (Å²) < 4.78 is 34.5. The highest BCUT2D eigenvalue weighted by Crippen LogP contribution is 2.19. The van der Waals surface area contributed by atoms with Crippen molar-refractivity contribution in [2.45, 2.75) is 6.42 Å². The summed E-state index contributed by atoms with van der Waals surface area (Å²) in [6, 6.07) is 4.29. The van der Waals surface area contributed by atoms with Gasteiger partial charge < -0.3 is 5.32 Å². The van der Waals surface area contributed by atoms with Crippen molar-refractivity contribution in [3.63, 3.8) is 0 Å². The third kappa shape index (κ3) is 4.81. The molecule has 1 N–H and O–H groups in total. The lowest BCUT2D eigenvalue weighted by atomic mass is 10.3. The Balaban J connectivity index is 2.41. The monoisotopic (exact) mass is 265 g/mol. The number of anilines is 1. The predicted octanol–water partition coefficient (Wildman–Crippen LogP) is 2.33. The topological polar surface area (TPSA) is 46.2 Å². The van der Waals surface area contributed by atoms with Crippen molar-refractivity contribution in [2.24, 2.45) is 0 Å². The van der Waals surface area contributed by atoms with Gasteiger partial charge >= 0.3 is 0 Å². The van der Waals surface area contributed by atoms with E-state index in [1.54, 1.807) is 6.07 Å². The highest BCUT2D eigenvalue weighted by molar-refractivity contribution is 7.90. The molecule has 6 heteroatoms. The smallest absolute Gasteiger partial charge is 0.147 e. The van der Waals surface area contributed by atoms with Gasteiger partial charge in [0, 0.05) is 18.5 Å². The lowest BCUT2D eigenvalue weighted by Crippen LogP contribution is -2.09. The fourth-order valence-corrected chi connectivity index (χ4v) is 2.02. The molecule has 0 saturated heterocycles. The fraction of sp³-hybridized carbons (Fsp3) is 0.400. The second-order valence-electron chi connectivity index (χ2n) is 3.54. The summed E-state index contributed by atoms with van der Waals surface area (Å²) in [5.74, 6) is -0.335. The van der Waals surface area contributed by atoms with E-state index in [1.165, 1.54) is 18.4 Å². The molecule has 0 aliphatic carbocycles. The Morgan fingerprint density at radius 1 is 1.44 bits per heavy atom. The van der Waals surface area contributed by atoms with E-state index in [-0.39, 0.29) is 10.8 Å². The molecule has 16 heavy (non-hydrogen) atoms. The molecule has 1 aromatic rings. The predicted molar refractivity (Wildman–Crippen MR) is 64.2 cm³/mol. The van der Waals surface area contributed by atoms with E-state index >= 15 is 0 Å². The number of halogens is 2.